The molecule has 0 aromatic heterocycles. The van der Waals surface area contributed by atoms with Crippen LogP contribution in [0.3, 0.4) is 0 Å². The number of nitrogens with one attached hydrogen (secondary N) is 1. The highest BCUT2D eigenvalue weighted by molar-refractivity contribution is 5.96. The Kier molecular flexibility index (Phi) is 2.35. The Morgan fingerprint density at radius 3 is 2.88 bits per heavy atom. The number of hydrogen-bond donors (Lipinski definition) is 1. The van der Waals surface area contributed by atoms with Gasteiger partial charge in [0.2, 0.25) is 0 Å². The van der Waals surface area contributed by atoms with Gasteiger partial charge in [-0.25, -0.2) is 4.99 Å². The van der Waals surface area contributed by atoms with Crippen molar-refractivity contribution in [3.63, 3.8) is 0 Å². The van der Waals surface area contributed by atoms with E-state index in [1.165, 1.54) is 24.1 Å². The SMILES string of the molecule is CC1(C)CCCN1C1=NCc2ccccc2N1. The van der Waals surface area contributed by atoms with Crippen molar-refractivity contribution in [1.29, 1.82) is 0 Å². The van der Waals surface area contributed by atoms with Crippen LogP contribution in [0.15, 0.2) is 29.3 Å². The van der Waals surface area contributed by atoms with Gasteiger partial charge >= 0.3 is 0 Å². The maximum Gasteiger partial charge on any atom is 0.199 e. The number of hydrogen-bond acceptors (Lipinski definition) is 3. The first-order chi connectivity index (χ1) is 8.17. The number of aliphatic imine (C=N–C) groups is 1. The number of likely N-dealkylation sites (tertiary alicyclic amines) is 1. The maximum atomic E-state index is 4.68. The number of para-hydroxylation sites is 1. The lowest BCUT2D eigenvalue weighted by molar-refractivity contribution is 0.280. The van der Waals surface area contributed by atoms with E-state index in [1.807, 2.05) is 0 Å². The Labute approximate surface area is 103 Å². The minimum absolute atomic E-state index is 0.234. The fraction of sp³-hybridized carbons (Fsp3) is 0.500. The Morgan fingerprint density at radius 2 is 2.12 bits per heavy atom. The third kappa shape index (κ3) is 1.79. The average molecular weight is 229 g/mol. The number of rotatable bonds is 0. The summed E-state index contributed by atoms with van der Waals surface area (Å²) in [5.41, 5.74) is 2.73. The third-order valence-corrected chi connectivity index (χ3v) is 3.82. The van der Waals surface area contributed by atoms with Crippen molar-refractivity contribution < 1.29 is 0 Å². The summed E-state index contributed by atoms with van der Waals surface area (Å²) >= 11 is 0. The second-order valence-corrected chi connectivity index (χ2v) is 5.49. The molecule has 1 N–H and O–H groups in total. The molecule has 0 bridgehead atoms. The van der Waals surface area contributed by atoms with E-state index in [4.69, 9.17) is 0 Å². The van der Waals surface area contributed by atoms with E-state index < -0.39 is 0 Å². The minimum atomic E-state index is 0.234. The number of nitrogens with zero attached hydrogens (tertiary/aromatic N) is 2. The van der Waals surface area contributed by atoms with Crippen LogP contribution in [0.2, 0.25) is 0 Å². The second-order valence-electron chi connectivity index (χ2n) is 5.49. The highest BCUT2D eigenvalue weighted by Crippen LogP contribution is 2.30. The molecule has 1 saturated heterocycles. The lowest BCUT2D eigenvalue weighted by atomic mass is 10.0. The van der Waals surface area contributed by atoms with Crippen LogP contribution < -0.4 is 5.32 Å². The van der Waals surface area contributed by atoms with Crippen LogP contribution in [0.5, 0.6) is 0 Å². The molecule has 1 aromatic carbocycles. The van der Waals surface area contributed by atoms with Gasteiger partial charge < -0.3 is 10.2 Å². The molecule has 0 radical (unpaired) electrons. The number of benzene rings is 1. The first-order valence-electron chi connectivity index (χ1n) is 6.34. The highest BCUT2D eigenvalue weighted by atomic mass is 15.4. The Hall–Kier alpha value is -1.51. The molecule has 3 nitrogen and oxygen atoms in total. The summed E-state index contributed by atoms with van der Waals surface area (Å²) in [5, 5.41) is 3.47. The van der Waals surface area contributed by atoms with Gasteiger partial charge in [0.1, 0.15) is 0 Å². The average Bonchev–Trinajstić information content (AvgIpc) is 2.68. The topological polar surface area (TPSA) is 27.6 Å². The number of guanidine groups is 1. The molecule has 0 saturated carbocycles. The Balaban J connectivity index is 1.86. The monoisotopic (exact) mass is 229 g/mol. The molecular weight excluding hydrogens is 210 g/mol. The molecule has 0 amide bonds. The van der Waals surface area contributed by atoms with Crippen molar-refractivity contribution in [2.45, 2.75) is 38.8 Å². The Morgan fingerprint density at radius 1 is 1.29 bits per heavy atom. The first-order valence-corrected chi connectivity index (χ1v) is 6.34. The highest BCUT2D eigenvalue weighted by Gasteiger charge is 2.34. The van der Waals surface area contributed by atoms with E-state index in [1.54, 1.807) is 0 Å². The van der Waals surface area contributed by atoms with E-state index >= 15 is 0 Å². The van der Waals surface area contributed by atoms with E-state index in [0.29, 0.717) is 0 Å². The Bertz CT molecular complexity index is 462. The predicted molar refractivity (Wildman–Crippen MR) is 71.2 cm³/mol. The molecule has 1 aromatic rings. The molecule has 0 unspecified atom stereocenters. The van der Waals surface area contributed by atoms with E-state index in [2.05, 4.69) is 53.3 Å². The quantitative estimate of drug-likeness (QED) is 0.740. The van der Waals surface area contributed by atoms with Gasteiger partial charge in [-0.2, -0.15) is 0 Å². The molecule has 0 spiro atoms. The summed E-state index contributed by atoms with van der Waals surface area (Å²) < 4.78 is 0. The lowest BCUT2D eigenvalue weighted by Gasteiger charge is -2.36. The van der Waals surface area contributed by atoms with Crippen molar-refractivity contribution in [2.75, 3.05) is 11.9 Å². The molecule has 2 aliphatic rings. The molecule has 1 fully saturated rings. The van der Waals surface area contributed by atoms with Crippen LogP contribution in [0, 0.1) is 0 Å². The van der Waals surface area contributed by atoms with Gasteiger partial charge in [-0.1, -0.05) is 18.2 Å². The predicted octanol–water partition coefficient (Wildman–Crippen LogP) is 2.84. The van der Waals surface area contributed by atoms with Gasteiger partial charge in [0, 0.05) is 17.8 Å². The zero-order valence-electron chi connectivity index (χ0n) is 10.5. The van der Waals surface area contributed by atoms with Gasteiger partial charge in [-0.3, -0.25) is 0 Å². The van der Waals surface area contributed by atoms with Crippen LogP contribution >= 0.6 is 0 Å². The van der Waals surface area contributed by atoms with Gasteiger partial charge in [0.15, 0.2) is 5.96 Å². The number of fused-ring (bicyclic) bond motifs is 1. The molecule has 17 heavy (non-hydrogen) atoms. The van der Waals surface area contributed by atoms with Crippen LogP contribution in [0.25, 0.3) is 0 Å². The maximum absolute atomic E-state index is 4.68. The summed E-state index contributed by atoms with van der Waals surface area (Å²) in [7, 11) is 0. The molecule has 0 aliphatic carbocycles. The van der Waals surface area contributed by atoms with Crippen LogP contribution in [-0.4, -0.2) is 22.9 Å². The molecule has 0 atom stereocenters. The van der Waals surface area contributed by atoms with Gasteiger partial charge in [0.05, 0.1) is 6.54 Å². The fourth-order valence-corrected chi connectivity index (χ4v) is 2.75. The molecule has 90 valence electrons. The molecule has 3 heteroatoms. The zero-order chi connectivity index (χ0) is 11.9. The van der Waals surface area contributed by atoms with Crippen LogP contribution in [0.1, 0.15) is 32.3 Å². The van der Waals surface area contributed by atoms with Crippen LogP contribution in [-0.2, 0) is 6.54 Å². The van der Waals surface area contributed by atoms with Crippen molar-refractivity contribution >= 4 is 11.6 Å². The summed E-state index contributed by atoms with van der Waals surface area (Å²) in [4.78, 5) is 7.09. The van der Waals surface area contributed by atoms with E-state index in [0.717, 1.165) is 19.0 Å². The standard InChI is InChI=1S/C14H19N3/c1-14(2)8-5-9-17(14)13-15-10-11-6-3-4-7-12(11)16-13/h3-4,6-7H,5,8-10H2,1-2H3,(H,15,16). The zero-order valence-corrected chi connectivity index (χ0v) is 10.5. The normalized spacial score (nSPS) is 21.8. The summed E-state index contributed by atoms with van der Waals surface area (Å²) in [6.07, 6.45) is 2.50. The molecule has 3 rings (SSSR count). The van der Waals surface area contributed by atoms with Crippen molar-refractivity contribution in [2.24, 2.45) is 4.99 Å². The van der Waals surface area contributed by atoms with Crippen molar-refractivity contribution in [3.05, 3.63) is 29.8 Å². The molecular formula is C14H19N3. The number of anilines is 1. The minimum Gasteiger partial charge on any atom is -0.338 e. The smallest absolute Gasteiger partial charge is 0.199 e. The molecule has 2 heterocycles. The first kappa shape index (κ1) is 10.6. The van der Waals surface area contributed by atoms with Crippen molar-refractivity contribution in [1.82, 2.24) is 4.90 Å². The summed E-state index contributed by atoms with van der Waals surface area (Å²) in [6, 6.07) is 8.41. The largest absolute Gasteiger partial charge is 0.338 e. The van der Waals surface area contributed by atoms with E-state index in [9.17, 15) is 0 Å². The van der Waals surface area contributed by atoms with Crippen molar-refractivity contribution in [3.8, 4) is 0 Å². The summed E-state index contributed by atoms with van der Waals surface area (Å²) in [5.74, 6) is 1.05. The lowest BCUT2D eigenvalue weighted by Crippen LogP contribution is -2.46. The van der Waals surface area contributed by atoms with Gasteiger partial charge in [-0.05, 0) is 38.3 Å². The third-order valence-electron chi connectivity index (χ3n) is 3.82. The van der Waals surface area contributed by atoms with Gasteiger partial charge in [0.25, 0.3) is 0 Å². The summed E-state index contributed by atoms with van der Waals surface area (Å²) in [6.45, 7) is 6.50. The van der Waals surface area contributed by atoms with Gasteiger partial charge in [-0.15, -0.1) is 0 Å². The fourth-order valence-electron chi connectivity index (χ4n) is 2.75. The second kappa shape index (κ2) is 3.76. The van der Waals surface area contributed by atoms with Crippen LogP contribution in [0.4, 0.5) is 5.69 Å². The molecule has 2 aliphatic heterocycles. The van der Waals surface area contributed by atoms with E-state index in [-0.39, 0.29) is 5.54 Å².